The normalized spacial score (nSPS) is 21.9. The molecule has 166 valence electrons. The summed E-state index contributed by atoms with van der Waals surface area (Å²) in [5.74, 6) is -2.68. The summed E-state index contributed by atoms with van der Waals surface area (Å²) in [5, 5.41) is 1.55. The van der Waals surface area contributed by atoms with Crippen molar-refractivity contribution in [3.63, 3.8) is 0 Å². The maximum absolute atomic E-state index is 13.6. The van der Waals surface area contributed by atoms with E-state index in [2.05, 4.69) is 0 Å². The fourth-order valence-corrected chi connectivity index (χ4v) is 4.33. The number of hydroxylamine groups is 1. The zero-order valence-corrected chi connectivity index (χ0v) is 17.6. The van der Waals surface area contributed by atoms with Gasteiger partial charge in [-0.1, -0.05) is 30.3 Å². The quantitative estimate of drug-likeness (QED) is 0.450. The molecule has 0 bridgehead atoms. The molecule has 0 aliphatic carbocycles. The Morgan fingerprint density at radius 3 is 2.18 bits per heavy atom. The number of methoxy groups -OCH3 is 1. The van der Waals surface area contributed by atoms with Crippen molar-refractivity contribution in [3.05, 3.63) is 95.8 Å². The molecule has 0 radical (unpaired) electrons. The van der Waals surface area contributed by atoms with Crippen LogP contribution in [-0.4, -0.2) is 31.0 Å². The predicted octanol–water partition coefficient (Wildman–Crippen LogP) is 3.66. The standard InChI is InChI=1S/C25H19FN2O5/c1-32-25(31)16-9-13-18(14-10-16)27-23(29)20-21(15-7-11-17(26)12-8-15)28(33-22(20)24(27)30)19-5-3-2-4-6-19/h2-14,20-22H,1H3/t20-,21+,22-/m1/s1. The van der Waals surface area contributed by atoms with Gasteiger partial charge in [-0.15, -0.1) is 0 Å². The number of rotatable bonds is 4. The molecular weight excluding hydrogens is 427 g/mol. The van der Waals surface area contributed by atoms with Crippen LogP contribution in [0, 0.1) is 11.7 Å². The Balaban J connectivity index is 1.53. The molecule has 33 heavy (non-hydrogen) atoms. The summed E-state index contributed by atoms with van der Waals surface area (Å²) in [6.45, 7) is 0. The average molecular weight is 446 g/mol. The van der Waals surface area contributed by atoms with Crippen LogP contribution in [0.15, 0.2) is 78.9 Å². The predicted molar refractivity (Wildman–Crippen MR) is 117 cm³/mol. The monoisotopic (exact) mass is 446 g/mol. The number of imide groups is 1. The number of benzene rings is 3. The second-order valence-corrected chi connectivity index (χ2v) is 7.76. The van der Waals surface area contributed by atoms with Gasteiger partial charge in [0.05, 0.1) is 30.1 Å². The highest BCUT2D eigenvalue weighted by Crippen LogP contribution is 2.47. The fourth-order valence-electron chi connectivity index (χ4n) is 4.33. The third-order valence-corrected chi connectivity index (χ3v) is 5.88. The lowest BCUT2D eigenvalue weighted by atomic mass is 9.90. The number of carbonyl (C=O) groups excluding carboxylic acids is 3. The molecule has 0 aromatic heterocycles. The first kappa shape index (κ1) is 20.8. The molecule has 7 nitrogen and oxygen atoms in total. The number of halogens is 1. The molecule has 0 spiro atoms. The van der Waals surface area contributed by atoms with Gasteiger partial charge in [-0.2, -0.15) is 0 Å². The minimum atomic E-state index is -1.03. The summed E-state index contributed by atoms with van der Waals surface area (Å²) in [4.78, 5) is 45.6. The van der Waals surface area contributed by atoms with Crippen molar-refractivity contribution in [1.29, 1.82) is 0 Å². The van der Waals surface area contributed by atoms with Gasteiger partial charge in [-0.05, 0) is 54.1 Å². The maximum atomic E-state index is 13.6. The number of anilines is 2. The third kappa shape index (κ3) is 3.44. The molecule has 0 saturated carbocycles. The third-order valence-electron chi connectivity index (χ3n) is 5.88. The number of hydrogen-bond donors (Lipinski definition) is 0. The van der Waals surface area contributed by atoms with Gasteiger partial charge in [0.25, 0.3) is 5.91 Å². The van der Waals surface area contributed by atoms with E-state index in [1.54, 1.807) is 17.2 Å². The number of para-hydroxylation sites is 1. The molecule has 0 unspecified atom stereocenters. The lowest BCUT2D eigenvalue weighted by Crippen LogP contribution is -2.37. The van der Waals surface area contributed by atoms with Gasteiger partial charge in [0.2, 0.25) is 5.91 Å². The number of ether oxygens (including phenoxy) is 1. The van der Waals surface area contributed by atoms with Gasteiger partial charge < -0.3 is 4.74 Å². The van der Waals surface area contributed by atoms with E-state index in [4.69, 9.17) is 9.57 Å². The van der Waals surface area contributed by atoms with Crippen molar-refractivity contribution < 1.29 is 28.3 Å². The first-order chi connectivity index (χ1) is 16.0. The van der Waals surface area contributed by atoms with E-state index in [9.17, 15) is 18.8 Å². The molecule has 2 fully saturated rings. The number of nitrogens with zero attached hydrogens (tertiary/aromatic N) is 2. The SMILES string of the molecule is COC(=O)c1ccc(N2C(=O)[C@H]3[C@@H](ON(c4ccccc4)[C@H]3c3ccc(F)cc3)C2=O)cc1. The first-order valence-electron chi connectivity index (χ1n) is 10.3. The Labute approximate surface area is 188 Å². The van der Waals surface area contributed by atoms with Crippen molar-refractivity contribution in [2.45, 2.75) is 12.1 Å². The molecule has 2 heterocycles. The van der Waals surface area contributed by atoms with Gasteiger partial charge >= 0.3 is 5.97 Å². The van der Waals surface area contributed by atoms with E-state index in [1.807, 2.05) is 30.3 Å². The first-order valence-corrected chi connectivity index (χ1v) is 10.3. The van der Waals surface area contributed by atoms with Crippen LogP contribution in [-0.2, 0) is 19.2 Å². The van der Waals surface area contributed by atoms with Crippen LogP contribution < -0.4 is 9.96 Å². The van der Waals surface area contributed by atoms with E-state index in [1.165, 1.54) is 43.5 Å². The molecule has 2 aliphatic rings. The van der Waals surface area contributed by atoms with Crippen LogP contribution >= 0.6 is 0 Å². The molecule has 2 saturated heterocycles. The number of amides is 2. The van der Waals surface area contributed by atoms with E-state index in [0.29, 0.717) is 22.5 Å². The summed E-state index contributed by atoms with van der Waals surface area (Å²) in [6.07, 6.45) is -1.03. The van der Waals surface area contributed by atoms with E-state index < -0.39 is 41.7 Å². The highest BCUT2D eigenvalue weighted by atomic mass is 19.1. The molecule has 2 amide bonds. The molecule has 2 aliphatic heterocycles. The maximum Gasteiger partial charge on any atom is 0.337 e. The van der Waals surface area contributed by atoms with E-state index in [-0.39, 0.29) is 0 Å². The summed E-state index contributed by atoms with van der Waals surface area (Å²) in [6, 6.07) is 20.3. The van der Waals surface area contributed by atoms with Gasteiger partial charge in [-0.25, -0.2) is 19.1 Å². The summed E-state index contributed by atoms with van der Waals surface area (Å²) in [5.41, 5.74) is 1.96. The number of fused-ring (bicyclic) bond motifs is 1. The van der Waals surface area contributed by atoms with Crippen LogP contribution in [0.5, 0.6) is 0 Å². The Morgan fingerprint density at radius 1 is 0.879 bits per heavy atom. The van der Waals surface area contributed by atoms with Crippen LogP contribution in [0.25, 0.3) is 0 Å². The number of esters is 1. The van der Waals surface area contributed by atoms with Crippen LogP contribution in [0.3, 0.4) is 0 Å². The summed E-state index contributed by atoms with van der Waals surface area (Å²) >= 11 is 0. The van der Waals surface area contributed by atoms with Crippen molar-refractivity contribution in [3.8, 4) is 0 Å². The minimum Gasteiger partial charge on any atom is -0.465 e. The van der Waals surface area contributed by atoms with Crippen molar-refractivity contribution in [2.75, 3.05) is 17.1 Å². The van der Waals surface area contributed by atoms with Crippen molar-refractivity contribution in [2.24, 2.45) is 5.92 Å². The smallest absolute Gasteiger partial charge is 0.337 e. The number of carbonyl (C=O) groups is 3. The molecule has 5 rings (SSSR count). The molecule has 3 aromatic rings. The number of hydrogen-bond acceptors (Lipinski definition) is 6. The van der Waals surface area contributed by atoms with Crippen molar-refractivity contribution >= 4 is 29.2 Å². The highest BCUT2D eigenvalue weighted by Gasteiger charge is 2.60. The van der Waals surface area contributed by atoms with Crippen LogP contribution in [0.1, 0.15) is 22.0 Å². The van der Waals surface area contributed by atoms with E-state index in [0.717, 1.165) is 4.90 Å². The average Bonchev–Trinajstić information content (AvgIpc) is 3.36. The lowest BCUT2D eigenvalue weighted by Gasteiger charge is -2.28. The van der Waals surface area contributed by atoms with Crippen molar-refractivity contribution in [1.82, 2.24) is 0 Å². The van der Waals surface area contributed by atoms with Crippen LogP contribution in [0.4, 0.5) is 15.8 Å². The largest absolute Gasteiger partial charge is 0.465 e. The summed E-state index contributed by atoms with van der Waals surface area (Å²) < 4.78 is 18.3. The van der Waals surface area contributed by atoms with E-state index >= 15 is 0 Å². The zero-order chi connectivity index (χ0) is 23.1. The molecule has 3 atom stereocenters. The van der Waals surface area contributed by atoms with Gasteiger partial charge in [0.15, 0.2) is 6.10 Å². The fraction of sp³-hybridized carbons (Fsp3) is 0.160. The minimum absolute atomic E-state index is 0.302. The second-order valence-electron chi connectivity index (χ2n) is 7.76. The van der Waals surface area contributed by atoms with Gasteiger partial charge in [0.1, 0.15) is 11.7 Å². The van der Waals surface area contributed by atoms with Crippen LogP contribution in [0.2, 0.25) is 0 Å². The molecule has 0 N–H and O–H groups in total. The molecule has 3 aromatic carbocycles. The molecular formula is C25H19FN2O5. The summed E-state index contributed by atoms with van der Waals surface area (Å²) in [7, 11) is 1.27. The second kappa shape index (κ2) is 8.14. The zero-order valence-electron chi connectivity index (χ0n) is 17.6. The Morgan fingerprint density at radius 2 is 1.55 bits per heavy atom. The highest BCUT2D eigenvalue weighted by molar-refractivity contribution is 6.24. The topological polar surface area (TPSA) is 76.2 Å². The Hall–Kier alpha value is -4.04. The van der Waals surface area contributed by atoms with Gasteiger partial charge in [0, 0.05) is 0 Å². The molecule has 8 heteroatoms. The Kier molecular flexibility index (Phi) is 5.14. The Bertz CT molecular complexity index is 1210. The van der Waals surface area contributed by atoms with Gasteiger partial charge in [-0.3, -0.25) is 14.4 Å². The lowest BCUT2D eigenvalue weighted by molar-refractivity contribution is -0.126.